The Kier molecular flexibility index (Phi) is 6.47. The number of aromatic nitrogens is 3. The third-order valence-electron chi connectivity index (χ3n) is 11.4. The molecule has 0 amide bonds. The van der Waals surface area contributed by atoms with Gasteiger partial charge in [-0.1, -0.05) is 140 Å². The van der Waals surface area contributed by atoms with Crippen LogP contribution in [-0.2, 0) is 5.41 Å². The van der Waals surface area contributed by atoms with Crippen molar-refractivity contribution >= 4 is 22.4 Å². The molecular formula is C49H33N3O. The van der Waals surface area contributed by atoms with Crippen LogP contribution in [-0.4, -0.2) is 15.0 Å². The van der Waals surface area contributed by atoms with Gasteiger partial charge in [-0.05, 0) is 92.4 Å². The van der Waals surface area contributed by atoms with Crippen molar-refractivity contribution in [3.05, 3.63) is 197 Å². The molecule has 0 radical (unpaired) electrons. The molecule has 2 heterocycles. The number of ether oxygens (including phenoxy) is 1. The van der Waals surface area contributed by atoms with Crippen molar-refractivity contribution in [2.75, 3.05) is 0 Å². The Morgan fingerprint density at radius 1 is 0.528 bits per heavy atom. The summed E-state index contributed by atoms with van der Waals surface area (Å²) in [5, 5.41) is 2.59. The van der Waals surface area contributed by atoms with Gasteiger partial charge in [0.2, 0.25) is 0 Å². The third kappa shape index (κ3) is 4.39. The van der Waals surface area contributed by atoms with Gasteiger partial charge in [-0.3, -0.25) is 0 Å². The number of rotatable bonds is 3. The lowest BCUT2D eigenvalue weighted by Crippen LogP contribution is -2.32. The lowest BCUT2D eigenvalue weighted by atomic mass is 9.66. The van der Waals surface area contributed by atoms with Crippen LogP contribution >= 0.6 is 0 Å². The first-order chi connectivity index (χ1) is 26.2. The lowest BCUT2D eigenvalue weighted by molar-refractivity contribution is 0.436. The van der Waals surface area contributed by atoms with E-state index in [4.69, 9.17) is 19.7 Å². The Labute approximate surface area is 308 Å². The number of nitrogens with zero attached hydrogens (tertiary/aromatic N) is 3. The molecule has 1 spiro atoms. The summed E-state index contributed by atoms with van der Waals surface area (Å²) in [6, 6.07) is 55.9. The van der Waals surface area contributed by atoms with Gasteiger partial charge in [0, 0.05) is 22.3 Å². The van der Waals surface area contributed by atoms with Gasteiger partial charge in [-0.25, -0.2) is 15.0 Å². The van der Waals surface area contributed by atoms with Crippen LogP contribution in [0.1, 0.15) is 58.5 Å². The second kappa shape index (κ2) is 11.4. The number of para-hydroxylation sites is 1. The first-order valence-corrected chi connectivity index (χ1v) is 18.3. The smallest absolute Gasteiger partial charge is 0.164 e. The average Bonchev–Trinajstić information content (AvgIpc) is 3.51. The lowest BCUT2D eigenvalue weighted by Gasteiger charge is -2.39. The number of hydrogen-bond acceptors (Lipinski definition) is 4. The quantitative estimate of drug-likeness (QED) is 0.186. The van der Waals surface area contributed by atoms with Gasteiger partial charge < -0.3 is 4.74 Å². The third-order valence-corrected chi connectivity index (χ3v) is 11.4. The first-order valence-electron chi connectivity index (χ1n) is 18.3. The van der Waals surface area contributed by atoms with E-state index in [1.807, 2.05) is 18.2 Å². The van der Waals surface area contributed by atoms with Crippen molar-refractivity contribution in [2.24, 2.45) is 0 Å². The van der Waals surface area contributed by atoms with Gasteiger partial charge >= 0.3 is 0 Å². The maximum Gasteiger partial charge on any atom is 0.164 e. The summed E-state index contributed by atoms with van der Waals surface area (Å²) in [5.74, 6) is 4.03. The molecule has 7 aromatic carbocycles. The summed E-state index contributed by atoms with van der Waals surface area (Å²) in [6.45, 7) is 2.32. The number of fused-ring (bicyclic) bond motifs is 12. The van der Waals surface area contributed by atoms with E-state index < -0.39 is 5.41 Å². The Bertz CT molecular complexity index is 2770. The molecule has 2 aliphatic carbocycles. The molecule has 0 saturated carbocycles. The van der Waals surface area contributed by atoms with E-state index in [-0.39, 0.29) is 0 Å². The number of hydrogen-bond donors (Lipinski definition) is 0. The maximum atomic E-state index is 6.71. The molecule has 1 aliphatic heterocycles. The minimum Gasteiger partial charge on any atom is -0.457 e. The van der Waals surface area contributed by atoms with Gasteiger partial charge in [0.25, 0.3) is 0 Å². The summed E-state index contributed by atoms with van der Waals surface area (Å²) in [6.07, 6.45) is 3.12. The standard InChI is InChI=1S/C49H33N3O/c1-30-27-35(28-33-24-23-31-13-5-6-16-36(31)45(30)33)48-51-46(32-14-3-2-4-15-32)50-47(52-48)34-25-26-44-42(29-34)49(41-21-11-12-22-43(41)53-44)39-19-9-7-17-37(39)38-18-8-10-20-40(38)49/h2-26,28-30H,27H2,1H3. The topological polar surface area (TPSA) is 47.9 Å². The van der Waals surface area contributed by atoms with Crippen LogP contribution in [0.4, 0.5) is 0 Å². The molecule has 1 aromatic heterocycles. The summed E-state index contributed by atoms with van der Waals surface area (Å²) < 4.78 is 6.71. The van der Waals surface area contributed by atoms with E-state index in [9.17, 15) is 0 Å². The SMILES string of the molecule is CC1CC(c2nc(-c3ccccc3)nc(-c3ccc4c(c3)C3(c5ccccc5O4)c4ccccc4-c4ccccc43)n2)=Cc2ccc3ccccc3c21. The molecule has 0 N–H and O–H groups in total. The largest absolute Gasteiger partial charge is 0.457 e. The second-order valence-corrected chi connectivity index (χ2v) is 14.4. The van der Waals surface area contributed by atoms with Crippen LogP contribution in [0.3, 0.4) is 0 Å². The Morgan fingerprint density at radius 2 is 1.15 bits per heavy atom. The van der Waals surface area contributed by atoms with Crippen molar-refractivity contribution in [2.45, 2.75) is 24.7 Å². The highest BCUT2D eigenvalue weighted by Gasteiger charge is 2.51. The first kappa shape index (κ1) is 30.0. The zero-order valence-corrected chi connectivity index (χ0v) is 29.1. The molecule has 250 valence electrons. The molecule has 11 rings (SSSR count). The minimum atomic E-state index is -0.570. The molecule has 1 atom stereocenters. The highest BCUT2D eigenvalue weighted by atomic mass is 16.5. The van der Waals surface area contributed by atoms with E-state index in [1.54, 1.807) is 0 Å². The predicted octanol–water partition coefficient (Wildman–Crippen LogP) is 11.9. The predicted molar refractivity (Wildman–Crippen MR) is 213 cm³/mol. The molecule has 1 unspecified atom stereocenters. The van der Waals surface area contributed by atoms with Crippen molar-refractivity contribution in [1.29, 1.82) is 0 Å². The van der Waals surface area contributed by atoms with Crippen molar-refractivity contribution in [3.63, 3.8) is 0 Å². The van der Waals surface area contributed by atoms with Crippen LogP contribution < -0.4 is 4.74 Å². The second-order valence-electron chi connectivity index (χ2n) is 14.4. The van der Waals surface area contributed by atoms with Crippen molar-refractivity contribution < 1.29 is 4.74 Å². The van der Waals surface area contributed by atoms with Crippen LogP contribution in [0, 0.1) is 0 Å². The number of benzene rings is 7. The van der Waals surface area contributed by atoms with E-state index >= 15 is 0 Å². The van der Waals surface area contributed by atoms with Crippen LogP contribution in [0.25, 0.3) is 56.3 Å². The highest BCUT2D eigenvalue weighted by Crippen LogP contribution is 2.62. The fourth-order valence-electron chi connectivity index (χ4n) is 9.18. The van der Waals surface area contributed by atoms with Crippen molar-refractivity contribution in [3.8, 4) is 45.4 Å². The zero-order valence-electron chi connectivity index (χ0n) is 29.1. The Hall–Kier alpha value is -6.65. The van der Waals surface area contributed by atoms with Gasteiger partial charge in [0.05, 0.1) is 5.41 Å². The summed E-state index contributed by atoms with van der Waals surface area (Å²) >= 11 is 0. The fraction of sp³-hybridized carbons (Fsp3) is 0.0816. The molecule has 0 fully saturated rings. The molecule has 0 saturated heterocycles. The van der Waals surface area contributed by atoms with Crippen LogP contribution in [0.2, 0.25) is 0 Å². The molecule has 8 aromatic rings. The monoisotopic (exact) mass is 679 g/mol. The van der Waals surface area contributed by atoms with E-state index in [0.717, 1.165) is 45.7 Å². The molecule has 4 nitrogen and oxygen atoms in total. The van der Waals surface area contributed by atoms with Crippen molar-refractivity contribution in [1.82, 2.24) is 15.0 Å². The van der Waals surface area contributed by atoms with Gasteiger partial charge in [0.15, 0.2) is 17.5 Å². The maximum absolute atomic E-state index is 6.71. The number of allylic oxidation sites excluding steroid dienone is 1. The molecule has 3 aliphatic rings. The molecule has 53 heavy (non-hydrogen) atoms. The van der Waals surface area contributed by atoms with Crippen LogP contribution in [0.5, 0.6) is 11.5 Å². The van der Waals surface area contributed by atoms with Gasteiger partial charge in [-0.15, -0.1) is 0 Å². The Balaban J connectivity index is 1.13. The molecule has 4 heteroatoms. The van der Waals surface area contributed by atoms with E-state index in [0.29, 0.717) is 23.4 Å². The highest BCUT2D eigenvalue weighted by molar-refractivity contribution is 5.94. The minimum absolute atomic E-state index is 0.305. The van der Waals surface area contributed by atoms with E-state index in [2.05, 4.69) is 153 Å². The Morgan fingerprint density at radius 3 is 1.94 bits per heavy atom. The molecular weight excluding hydrogens is 647 g/mol. The van der Waals surface area contributed by atoms with Gasteiger partial charge in [-0.2, -0.15) is 0 Å². The fourth-order valence-corrected chi connectivity index (χ4v) is 9.18. The van der Waals surface area contributed by atoms with E-state index in [1.165, 1.54) is 44.2 Å². The summed E-state index contributed by atoms with van der Waals surface area (Å²) in [4.78, 5) is 15.6. The normalized spacial score (nSPS) is 15.8. The average molecular weight is 680 g/mol. The summed E-state index contributed by atoms with van der Waals surface area (Å²) in [7, 11) is 0. The van der Waals surface area contributed by atoms with Crippen LogP contribution in [0.15, 0.2) is 158 Å². The zero-order chi connectivity index (χ0) is 35.1. The van der Waals surface area contributed by atoms with Gasteiger partial charge in [0.1, 0.15) is 11.5 Å². The molecule has 0 bridgehead atoms. The summed E-state index contributed by atoms with van der Waals surface area (Å²) in [5.41, 5.74) is 12.3.